The molecule has 0 radical (unpaired) electrons. The molecule has 0 spiro atoms. The molecule has 1 aromatic carbocycles. The van der Waals surface area contributed by atoms with Crippen molar-refractivity contribution < 1.29 is 0 Å². The molecule has 1 aliphatic rings. The number of imidazole rings is 1. The number of fused-ring (bicyclic) bond motifs is 1. The minimum atomic E-state index is 0.349. The normalized spacial score (nSPS) is 17.7. The van der Waals surface area contributed by atoms with E-state index < -0.39 is 0 Å². The highest BCUT2D eigenvalue weighted by Crippen LogP contribution is 2.37. The van der Waals surface area contributed by atoms with Crippen molar-refractivity contribution >= 4 is 17.0 Å². The van der Waals surface area contributed by atoms with Crippen molar-refractivity contribution in [3.05, 3.63) is 23.8 Å². The van der Waals surface area contributed by atoms with E-state index in [2.05, 4.69) is 22.5 Å². The minimum absolute atomic E-state index is 0.349. The molecule has 0 amide bonds. The van der Waals surface area contributed by atoms with E-state index in [1.165, 1.54) is 25.7 Å². The average molecular weight is 254 g/mol. The molecule has 19 heavy (non-hydrogen) atoms. The summed E-state index contributed by atoms with van der Waals surface area (Å²) in [6.45, 7) is 2.21. The Morgan fingerprint density at radius 3 is 2.84 bits per heavy atom. The maximum Gasteiger partial charge on any atom is 0.201 e. The van der Waals surface area contributed by atoms with E-state index in [1.807, 2.05) is 12.1 Å². The number of nitriles is 1. The van der Waals surface area contributed by atoms with Crippen LogP contribution in [0, 0.1) is 17.2 Å². The van der Waals surface area contributed by atoms with Crippen LogP contribution in [0.15, 0.2) is 18.2 Å². The van der Waals surface area contributed by atoms with E-state index in [-0.39, 0.29) is 0 Å². The van der Waals surface area contributed by atoms with Gasteiger partial charge in [0.1, 0.15) is 0 Å². The molecule has 1 unspecified atom stereocenters. The predicted molar refractivity (Wildman–Crippen MR) is 75.5 cm³/mol. The van der Waals surface area contributed by atoms with Crippen LogP contribution in [0.3, 0.4) is 0 Å². The molecule has 0 aliphatic heterocycles. The number of nitrogen functional groups attached to an aromatic ring is 1. The largest absolute Gasteiger partial charge is 0.369 e. The zero-order valence-corrected chi connectivity index (χ0v) is 11.1. The van der Waals surface area contributed by atoms with Gasteiger partial charge in [-0.2, -0.15) is 5.26 Å². The Kier molecular flexibility index (Phi) is 2.90. The van der Waals surface area contributed by atoms with Gasteiger partial charge in [-0.1, -0.05) is 12.8 Å². The van der Waals surface area contributed by atoms with Crippen LogP contribution in [0.2, 0.25) is 0 Å². The second-order valence-electron chi connectivity index (χ2n) is 5.44. The van der Waals surface area contributed by atoms with Crippen LogP contribution in [0.4, 0.5) is 5.95 Å². The van der Waals surface area contributed by atoms with Gasteiger partial charge in [0.05, 0.1) is 22.7 Å². The first-order valence-corrected chi connectivity index (χ1v) is 6.88. The summed E-state index contributed by atoms with van der Waals surface area (Å²) in [4.78, 5) is 4.41. The van der Waals surface area contributed by atoms with Gasteiger partial charge in [-0.3, -0.25) is 0 Å². The molecule has 0 bridgehead atoms. The highest BCUT2D eigenvalue weighted by molar-refractivity contribution is 5.80. The fourth-order valence-electron chi connectivity index (χ4n) is 3.26. The number of benzene rings is 1. The molecule has 0 saturated heterocycles. The van der Waals surface area contributed by atoms with Crippen molar-refractivity contribution in [1.82, 2.24) is 9.55 Å². The van der Waals surface area contributed by atoms with Gasteiger partial charge >= 0.3 is 0 Å². The minimum Gasteiger partial charge on any atom is -0.369 e. The van der Waals surface area contributed by atoms with E-state index in [0.717, 1.165) is 11.0 Å². The SMILES string of the molecule is CC(C1CCCC1)n1c(N)nc2ccc(C#N)cc21. The predicted octanol–water partition coefficient (Wildman–Crippen LogP) is 3.24. The van der Waals surface area contributed by atoms with Gasteiger partial charge in [0.2, 0.25) is 5.95 Å². The molecule has 1 heterocycles. The number of nitrogens with zero attached hydrogens (tertiary/aromatic N) is 3. The fourth-order valence-corrected chi connectivity index (χ4v) is 3.26. The average Bonchev–Trinajstić information content (AvgIpc) is 3.03. The Balaban J connectivity index is 2.10. The van der Waals surface area contributed by atoms with Gasteiger partial charge in [-0.25, -0.2) is 4.98 Å². The lowest BCUT2D eigenvalue weighted by atomic mass is 9.99. The number of aromatic nitrogens is 2. The first-order chi connectivity index (χ1) is 9.20. The zero-order valence-electron chi connectivity index (χ0n) is 11.1. The summed E-state index contributed by atoms with van der Waals surface area (Å²) in [7, 11) is 0. The number of rotatable bonds is 2. The third-order valence-electron chi connectivity index (χ3n) is 4.34. The molecule has 1 fully saturated rings. The molecule has 98 valence electrons. The Bertz CT molecular complexity index is 644. The maximum absolute atomic E-state index is 9.03. The van der Waals surface area contributed by atoms with Crippen molar-refractivity contribution in [1.29, 1.82) is 5.26 Å². The Morgan fingerprint density at radius 2 is 2.16 bits per heavy atom. The summed E-state index contributed by atoms with van der Waals surface area (Å²) in [6, 6.07) is 8.09. The molecule has 1 saturated carbocycles. The molecule has 1 atom stereocenters. The lowest BCUT2D eigenvalue weighted by Gasteiger charge is -2.22. The quantitative estimate of drug-likeness (QED) is 0.894. The van der Waals surface area contributed by atoms with Gasteiger partial charge in [0, 0.05) is 6.04 Å². The second-order valence-corrected chi connectivity index (χ2v) is 5.44. The van der Waals surface area contributed by atoms with Gasteiger partial charge in [0.25, 0.3) is 0 Å². The molecular formula is C15H18N4. The van der Waals surface area contributed by atoms with Gasteiger partial charge < -0.3 is 10.3 Å². The van der Waals surface area contributed by atoms with Crippen LogP contribution < -0.4 is 5.73 Å². The first kappa shape index (κ1) is 12.0. The summed E-state index contributed by atoms with van der Waals surface area (Å²) >= 11 is 0. The molecule has 3 rings (SSSR count). The Labute approximate surface area is 112 Å². The fraction of sp³-hybridized carbons (Fsp3) is 0.467. The molecule has 4 nitrogen and oxygen atoms in total. The number of nitrogens with two attached hydrogens (primary N) is 1. The van der Waals surface area contributed by atoms with Gasteiger partial charge in [-0.15, -0.1) is 0 Å². The lowest BCUT2D eigenvalue weighted by Crippen LogP contribution is -2.16. The van der Waals surface area contributed by atoms with Crippen molar-refractivity contribution in [3.63, 3.8) is 0 Å². The van der Waals surface area contributed by atoms with E-state index >= 15 is 0 Å². The van der Waals surface area contributed by atoms with Crippen molar-refractivity contribution in [2.75, 3.05) is 5.73 Å². The topological polar surface area (TPSA) is 67.6 Å². The third kappa shape index (κ3) is 1.95. The molecule has 2 N–H and O–H groups in total. The smallest absolute Gasteiger partial charge is 0.201 e. The molecule has 2 aromatic rings. The van der Waals surface area contributed by atoms with Gasteiger partial charge in [0.15, 0.2) is 0 Å². The standard InChI is InChI=1S/C15H18N4/c1-10(12-4-2-3-5-12)19-14-8-11(9-16)6-7-13(14)18-15(19)17/h6-8,10,12H,2-5H2,1H3,(H2,17,18). The van der Waals surface area contributed by atoms with Crippen molar-refractivity contribution in [2.24, 2.45) is 5.92 Å². The number of hydrogen-bond acceptors (Lipinski definition) is 3. The lowest BCUT2D eigenvalue weighted by molar-refractivity contribution is 0.371. The van der Waals surface area contributed by atoms with Gasteiger partial charge in [-0.05, 0) is 43.9 Å². The second kappa shape index (κ2) is 4.58. The highest BCUT2D eigenvalue weighted by Gasteiger charge is 2.25. The summed E-state index contributed by atoms with van der Waals surface area (Å²) in [5, 5.41) is 9.03. The van der Waals surface area contributed by atoms with Crippen molar-refractivity contribution in [2.45, 2.75) is 38.6 Å². The van der Waals surface area contributed by atoms with E-state index in [1.54, 1.807) is 6.07 Å². The van der Waals surface area contributed by atoms with E-state index in [4.69, 9.17) is 11.0 Å². The Morgan fingerprint density at radius 1 is 1.42 bits per heavy atom. The Hall–Kier alpha value is -2.02. The third-order valence-corrected chi connectivity index (χ3v) is 4.34. The van der Waals surface area contributed by atoms with Crippen LogP contribution >= 0.6 is 0 Å². The summed E-state index contributed by atoms with van der Waals surface area (Å²) in [6.07, 6.45) is 5.15. The van der Waals surface area contributed by atoms with Crippen LogP contribution in [-0.2, 0) is 0 Å². The van der Waals surface area contributed by atoms with Crippen LogP contribution in [0.5, 0.6) is 0 Å². The van der Waals surface area contributed by atoms with Crippen LogP contribution in [0.25, 0.3) is 11.0 Å². The maximum atomic E-state index is 9.03. The zero-order chi connectivity index (χ0) is 13.4. The summed E-state index contributed by atoms with van der Waals surface area (Å²) < 4.78 is 2.10. The summed E-state index contributed by atoms with van der Waals surface area (Å²) in [5.74, 6) is 1.23. The van der Waals surface area contributed by atoms with E-state index in [0.29, 0.717) is 23.5 Å². The summed E-state index contributed by atoms with van der Waals surface area (Å²) in [5.41, 5.74) is 8.60. The van der Waals surface area contributed by atoms with Crippen molar-refractivity contribution in [3.8, 4) is 6.07 Å². The molecule has 4 heteroatoms. The molecular weight excluding hydrogens is 236 g/mol. The monoisotopic (exact) mass is 254 g/mol. The van der Waals surface area contributed by atoms with E-state index in [9.17, 15) is 0 Å². The number of anilines is 1. The van der Waals surface area contributed by atoms with Crippen LogP contribution in [-0.4, -0.2) is 9.55 Å². The molecule has 1 aliphatic carbocycles. The first-order valence-electron chi connectivity index (χ1n) is 6.88. The van der Waals surface area contributed by atoms with Crippen LogP contribution in [0.1, 0.15) is 44.2 Å². The molecule has 1 aromatic heterocycles. The number of hydrogen-bond donors (Lipinski definition) is 1. The highest BCUT2D eigenvalue weighted by atomic mass is 15.2.